The van der Waals surface area contributed by atoms with E-state index in [2.05, 4.69) is 11.1 Å². The fraction of sp³-hybridized carbons (Fsp3) is 0.391. The van der Waals surface area contributed by atoms with Crippen LogP contribution in [0.4, 0.5) is 0 Å². The highest BCUT2D eigenvalue weighted by Gasteiger charge is 2.40. The lowest BCUT2D eigenvalue weighted by Gasteiger charge is -2.25. The first-order valence-corrected chi connectivity index (χ1v) is 9.44. The van der Waals surface area contributed by atoms with Crippen LogP contribution in [0.25, 0.3) is 5.01 Å². The highest BCUT2D eigenvalue weighted by Crippen LogP contribution is 2.33. The lowest BCUT2D eigenvalue weighted by Crippen LogP contribution is -2.30. The Morgan fingerprint density at radius 1 is 0.964 bits per heavy atom. The fourth-order valence-corrected chi connectivity index (χ4v) is 2.89. The molecule has 0 bridgehead atoms. The zero-order valence-corrected chi connectivity index (χ0v) is 16.7. The summed E-state index contributed by atoms with van der Waals surface area (Å²) < 4.78 is 11.5. The molecular formula is C23H27NO4. The highest BCUT2D eigenvalue weighted by atomic mass is 16.6. The number of hydrogen-bond donors (Lipinski definition) is 0. The zero-order chi connectivity index (χ0) is 20.5. The van der Waals surface area contributed by atoms with E-state index in [1.807, 2.05) is 81.4 Å². The van der Waals surface area contributed by atoms with Gasteiger partial charge in [-0.3, -0.25) is 4.79 Å². The summed E-state index contributed by atoms with van der Waals surface area (Å²) in [5.74, 6) is -0.224. The molecule has 2 aromatic carbocycles. The number of unbranched alkanes of at least 4 members (excludes halogenated alkanes) is 1. The molecule has 0 heterocycles. The minimum atomic E-state index is -1.18. The van der Waals surface area contributed by atoms with Gasteiger partial charge in [0.15, 0.2) is 0 Å². The molecule has 2 rings (SSSR count). The van der Waals surface area contributed by atoms with E-state index in [9.17, 15) is 10.0 Å². The van der Waals surface area contributed by atoms with Crippen LogP contribution >= 0.6 is 0 Å². The van der Waals surface area contributed by atoms with Gasteiger partial charge in [-0.05, 0) is 33.6 Å². The van der Waals surface area contributed by atoms with E-state index in [-0.39, 0.29) is 5.97 Å². The molecule has 5 heteroatoms. The Hall–Kier alpha value is -2.84. The summed E-state index contributed by atoms with van der Waals surface area (Å²) in [5.41, 5.74) is -0.125. The Morgan fingerprint density at radius 3 is 1.96 bits per heavy atom. The molecule has 0 saturated carbocycles. The Balaban J connectivity index is 2.09. The molecule has 0 radical (unpaired) electrons. The van der Waals surface area contributed by atoms with Crippen LogP contribution in [0.15, 0.2) is 60.7 Å². The standard InChI is InChI=1S/C23H27NO4/c1-22(2,3)28-21(25)16-10-11-17-27-23(18-24-26,19-12-6-4-7-13-19)20-14-8-5-9-15-20/h4-9,12-15H,10-11,16-17H2,1-3H3. The summed E-state index contributed by atoms with van der Waals surface area (Å²) in [6.07, 6.45) is 1.59. The average molecular weight is 381 g/mol. The van der Waals surface area contributed by atoms with Crippen LogP contribution in [0, 0.1) is 11.3 Å². The zero-order valence-electron chi connectivity index (χ0n) is 16.7. The van der Waals surface area contributed by atoms with Crippen molar-refractivity contribution < 1.29 is 14.3 Å². The molecule has 0 amide bonds. The van der Waals surface area contributed by atoms with Crippen molar-refractivity contribution in [3.63, 3.8) is 0 Å². The van der Waals surface area contributed by atoms with E-state index in [1.54, 1.807) is 0 Å². The molecule has 0 aliphatic heterocycles. The van der Waals surface area contributed by atoms with Gasteiger partial charge in [-0.2, -0.15) is 0 Å². The summed E-state index contributed by atoms with van der Waals surface area (Å²) in [7, 11) is 0. The average Bonchev–Trinajstić information content (AvgIpc) is 2.67. The normalized spacial score (nSPS) is 11.4. The SMILES string of the molecule is CC(C)(C)OC(=O)CCCCOC(C#[N+][O-])(c1ccccc1)c1ccccc1. The Labute approximate surface area is 166 Å². The minimum absolute atomic E-state index is 0.224. The van der Waals surface area contributed by atoms with Gasteiger partial charge in [0.25, 0.3) is 5.60 Å². The van der Waals surface area contributed by atoms with Crippen LogP contribution in [0.1, 0.15) is 51.2 Å². The van der Waals surface area contributed by atoms with Crippen LogP contribution in [-0.4, -0.2) is 18.2 Å². The van der Waals surface area contributed by atoms with Gasteiger partial charge in [0.05, 0.1) is 0 Å². The topological polar surface area (TPSA) is 63.0 Å². The summed E-state index contributed by atoms with van der Waals surface area (Å²) in [6, 6.07) is 21.5. The van der Waals surface area contributed by atoms with Gasteiger partial charge in [-0.1, -0.05) is 60.7 Å². The van der Waals surface area contributed by atoms with Crippen molar-refractivity contribution in [1.82, 2.24) is 0 Å². The third-order valence-corrected chi connectivity index (χ3v) is 4.08. The molecule has 0 spiro atoms. The second kappa shape index (κ2) is 9.91. The predicted octanol–water partition coefficient (Wildman–Crippen LogP) is 5.29. The molecule has 0 fully saturated rings. The maximum atomic E-state index is 11.8. The number of esters is 1. The van der Waals surface area contributed by atoms with E-state index in [4.69, 9.17) is 9.47 Å². The number of benzene rings is 2. The van der Waals surface area contributed by atoms with Crippen molar-refractivity contribution in [2.45, 2.75) is 51.2 Å². The smallest absolute Gasteiger partial charge is 0.344 e. The Bertz CT molecular complexity index is 762. The van der Waals surface area contributed by atoms with Gasteiger partial charge in [-0.25, -0.2) is 0 Å². The summed E-state index contributed by atoms with van der Waals surface area (Å²) in [4.78, 5) is 11.8. The van der Waals surface area contributed by atoms with Crippen LogP contribution in [0.3, 0.4) is 0 Å². The van der Waals surface area contributed by atoms with Gasteiger partial charge in [0, 0.05) is 29.2 Å². The van der Waals surface area contributed by atoms with Gasteiger partial charge < -0.3 is 14.7 Å². The molecule has 0 atom stereocenters. The van der Waals surface area contributed by atoms with Gasteiger partial charge >= 0.3 is 12.0 Å². The first kappa shape index (κ1) is 21.5. The second-order valence-electron chi connectivity index (χ2n) is 7.51. The molecule has 0 aliphatic carbocycles. The number of carbonyl (C=O) groups is 1. The number of carbonyl (C=O) groups excluding carboxylic acids is 1. The van der Waals surface area contributed by atoms with E-state index < -0.39 is 11.2 Å². The number of rotatable bonds is 8. The molecule has 0 saturated heterocycles. The van der Waals surface area contributed by atoms with E-state index in [1.165, 1.54) is 0 Å². The molecule has 2 aromatic rings. The van der Waals surface area contributed by atoms with Crippen molar-refractivity contribution in [2.75, 3.05) is 6.61 Å². The maximum Gasteiger partial charge on any atom is 0.344 e. The largest absolute Gasteiger partial charge is 0.498 e. The molecule has 148 valence electrons. The summed E-state index contributed by atoms with van der Waals surface area (Å²) >= 11 is 0. The van der Waals surface area contributed by atoms with Crippen molar-refractivity contribution in [3.05, 3.63) is 82.0 Å². The van der Waals surface area contributed by atoms with E-state index >= 15 is 0 Å². The molecule has 5 nitrogen and oxygen atoms in total. The fourth-order valence-electron chi connectivity index (χ4n) is 2.89. The Kier molecular flexibility index (Phi) is 7.60. The van der Waals surface area contributed by atoms with Gasteiger partial charge in [0.2, 0.25) is 0 Å². The first-order chi connectivity index (χ1) is 13.4. The Morgan fingerprint density at radius 2 is 1.50 bits per heavy atom. The van der Waals surface area contributed by atoms with Crippen molar-refractivity contribution in [2.24, 2.45) is 0 Å². The van der Waals surface area contributed by atoms with Crippen molar-refractivity contribution >= 4 is 5.97 Å². The summed E-state index contributed by atoms with van der Waals surface area (Å²) in [6.45, 7) is 5.88. The van der Waals surface area contributed by atoms with E-state index in [0.29, 0.717) is 25.9 Å². The predicted molar refractivity (Wildman–Crippen MR) is 110 cm³/mol. The second-order valence-corrected chi connectivity index (χ2v) is 7.51. The lowest BCUT2D eigenvalue weighted by molar-refractivity contribution is -0.155. The lowest BCUT2D eigenvalue weighted by atomic mass is 9.87. The third kappa shape index (κ3) is 6.11. The molecule has 0 aliphatic rings. The number of ether oxygens (including phenoxy) is 2. The van der Waals surface area contributed by atoms with Crippen molar-refractivity contribution in [3.8, 4) is 6.07 Å². The monoisotopic (exact) mass is 381 g/mol. The summed E-state index contributed by atoms with van der Waals surface area (Å²) in [5, 5.41) is 14.1. The minimum Gasteiger partial charge on any atom is -0.498 e. The van der Waals surface area contributed by atoms with Crippen LogP contribution < -0.4 is 0 Å². The number of nitrogens with zero attached hydrogens (tertiary/aromatic N) is 1. The van der Waals surface area contributed by atoms with Crippen LogP contribution in [-0.2, 0) is 19.9 Å². The van der Waals surface area contributed by atoms with Crippen LogP contribution in [0.2, 0.25) is 0 Å². The van der Waals surface area contributed by atoms with Crippen molar-refractivity contribution in [1.29, 1.82) is 0 Å². The molecule has 0 N–H and O–H groups in total. The van der Waals surface area contributed by atoms with Gasteiger partial charge in [0.1, 0.15) is 5.60 Å². The first-order valence-electron chi connectivity index (χ1n) is 9.44. The van der Waals surface area contributed by atoms with Crippen LogP contribution in [0.5, 0.6) is 0 Å². The molecule has 28 heavy (non-hydrogen) atoms. The highest BCUT2D eigenvalue weighted by molar-refractivity contribution is 5.69. The maximum absolute atomic E-state index is 11.8. The molecule has 0 unspecified atom stereocenters. The molecule has 0 aromatic heterocycles. The van der Waals surface area contributed by atoms with Gasteiger partial charge in [-0.15, -0.1) is 0 Å². The third-order valence-electron chi connectivity index (χ3n) is 4.08. The molecular weight excluding hydrogens is 354 g/mol. The quantitative estimate of drug-likeness (QED) is 0.354. The number of hydrogen-bond acceptors (Lipinski definition) is 4. The van der Waals surface area contributed by atoms with E-state index in [0.717, 1.165) is 11.1 Å².